The lowest BCUT2D eigenvalue weighted by molar-refractivity contribution is -0.402. The van der Waals surface area contributed by atoms with Crippen LogP contribution in [0.3, 0.4) is 0 Å². The molecule has 2 aliphatic rings. The fourth-order valence-corrected chi connectivity index (χ4v) is 6.22. The molecule has 0 fully saturated rings. The quantitative estimate of drug-likeness (QED) is 0.265. The molecule has 0 amide bonds. The van der Waals surface area contributed by atoms with E-state index in [2.05, 4.69) is 0 Å². The van der Waals surface area contributed by atoms with Crippen molar-refractivity contribution in [1.29, 1.82) is 0 Å². The van der Waals surface area contributed by atoms with E-state index in [4.69, 9.17) is 9.52 Å². The van der Waals surface area contributed by atoms with Crippen molar-refractivity contribution in [1.82, 2.24) is 0 Å². The zero-order chi connectivity index (χ0) is 24.0. The highest BCUT2D eigenvalue weighted by Crippen LogP contribution is 2.52. The Kier molecular flexibility index (Phi) is 5.04. The lowest BCUT2D eigenvalue weighted by atomic mass is 9.72. The van der Waals surface area contributed by atoms with Gasteiger partial charge in [-0.15, -0.1) is 11.8 Å². The molecule has 2 aliphatic heterocycles. The van der Waals surface area contributed by atoms with Gasteiger partial charge in [0.05, 0.1) is 17.7 Å². The predicted octanol–water partition coefficient (Wildman–Crippen LogP) is 5.92. The number of nitro groups is 1. The zero-order valence-electron chi connectivity index (χ0n) is 18.4. The maximum absolute atomic E-state index is 14.4. The molecule has 4 aromatic rings. The van der Waals surface area contributed by atoms with Crippen molar-refractivity contribution in [2.24, 2.45) is 5.10 Å². The summed E-state index contributed by atoms with van der Waals surface area (Å²) in [7, 11) is 0. The van der Waals surface area contributed by atoms with Crippen LogP contribution in [0.4, 0.5) is 11.6 Å². The zero-order valence-corrected chi connectivity index (χ0v) is 19.2. The van der Waals surface area contributed by atoms with Gasteiger partial charge in [-0.3, -0.25) is 14.9 Å². The SMILES string of the molecule is O=C1c2ccccc2SCC12[C@H](c1ccccc1)C(c1ccc([N+](=O)[O-])o1)=NN2c1ccccc1. The van der Waals surface area contributed by atoms with Crippen LogP contribution < -0.4 is 5.01 Å². The highest BCUT2D eigenvalue weighted by molar-refractivity contribution is 7.99. The van der Waals surface area contributed by atoms with Crippen molar-refractivity contribution in [3.8, 4) is 0 Å². The number of hydrogen-bond acceptors (Lipinski definition) is 7. The van der Waals surface area contributed by atoms with Crippen molar-refractivity contribution in [2.75, 3.05) is 10.8 Å². The molecule has 172 valence electrons. The van der Waals surface area contributed by atoms with Gasteiger partial charge in [0.25, 0.3) is 0 Å². The molecular weight excluding hydrogens is 462 g/mol. The lowest BCUT2D eigenvalue weighted by Gasteiger charge is -2.43. The summed E-state index contributed by atoms with van der Waals surface area (Å²) < 4.78 is 5.63. The number of anilines is 1. The maximum Gasteiger partial charge on any atom is 0.433 e. The second-order valence-corrected chi connectivity index (χ2v) is 9.43. The largest absolute Gasteiger partial charge is 0.433 e. The van der Waals surface area contributed by atoms with E-state index in [1.165, 1.54) is 6.07 Å². The standard InChI is InChI=1S/C27H19N3O4S/c31-26-20-13-7-8-14-22(20)35-17-27(26)24(18-9-3-1-4-10-18)25(21-15-16-23(34-21)30(32)33)28-29(27)19-11-5-2-6-12-19/h1-16,24H,17H2/t24-,27?/m1/s1. The number of hydrazone groups is 1. The van der Waals surface area contributed by atoms with Crippen LogP contribution in [-0.4, -0.2) is 27.7 Å². The number of furan rings is 1. The summed E-state index contributed by atoms with van der Waals surface area (Å²) in [6, 6.07) is 29.7. The Morgan fingerprint density at radius 3 is 2.34 bits per heavy atom. The summed E-state index contributed by atoms with van der Waals surface area (Å²) in [4.78, 5) is 26.2. The van der Waals surface area contributed by atoms with Crippen LogP contribution >= 0.6 is 11.8 Å². The number of Topliss-reactive ketones (excluding diaryl/α,β-unsaturated/α-hetero) is 1. The molecule has 2 atom stereocenters. The number of hydrogen-bond donors (Lipinski definition) is 0. The number of ketones is 1. The number of rotatable bonds is 4. The van der Waals surface area contributed by atoms with Crippen molar-refractivity contribution in [3.63, 3.8) is 0 Å². The Bertz CT molecular complexity index is 1470. The van der Waals surface area contributed by atoms with Gasteiger partial charge in [0.2, 0.25) is 0 Å². The number of carbonyl (C=O) groups excluding carboxylic acids is 1. The third-order valence-corrected chi connectivity index (χ3v) is 7.72. The van der Waals surface area contributed by atoms with Gasteiger partial charge in [0, 0.05) is 16.2 Å². The number of benzene rings is 3. The second kappa shape index (κ2) is 8.25. The van der Waals surface area contributed by atoms with Gasteiger partial charge in [-0.2, -0.15) is 5.10 Å². The molecule has 35 heavy (non-hydrogen) atoms. The molecule has 8 heteroatoms. The second-order valence-electron chi connectivity index (χ2n) is 8.41. The Morgan fingerprint density at radius 2 is 1.63 bits per heavy atom. The third kappa shape index (κ3) is 3.29. The summed E-state index contributed by atoms with van der Waals surface area (Å²) in [5.74, 6) is -0.184. The molecule has 0 bridgehead atoms. The molecule has 7 nitrogen and oxygen atoms in total. The van der Waals surface area contributed by atoms with Crippen LogP contribution in [0.1, 0.15) is 27.6 Å². The van der Waals surface area contributed by atoms with Crippen LogP contribution in [0.25, 0.3) is 0 Å². The monoisotopic (exact) mass is 481 g/mol. The minimum absolute atomic E-state index is 0.0376. The van der Waals surface area contributed by atoms with Crippen molar-refractivity contribution in [3.05, 3.63) is 124 Å². The summed E-state index contributed by atoms with van der Waals surface area (Å²) in [5.41, 5.74) is 1.70. The Morgan fingerprint density at radius 1 is 0.943 bits per heavy atom. The first kappa shape index (κ1) is 21.4. The van der Waals surface area contributed by atoms with Gasteiger partial charge < -0.3 is 4.42 Å². The molecule has 1 aromatic heterocycles. The number of carbonyl (C=O) groups is 1. The molecule has 0 radical (unpaired) electrons. The van der Waals surface area contributed by atoms with Crippen molar-refractivity contribution >= 4 is 34.8 Å². The van der Waals surface area contributed by atoms with E-state index in [9.17, 15) is 14.9 Å². The third-order valence-electron chi connectivity index (χ3n) is 6.47. The molecule has 0 N–H and O–H groups in total. The Balaban J connectivity index is 1.62. The number of thioether (sulfide) groups is 1. The molecule has 0 saturated heterocycles. The van der Waals surface area contributed by atoms with Crippen LogP contribution in [-0.2, 0) is 0 Å². The van der Waals surface area contributed by atoms with E-state index in [1.54, 1.807) is 22.8 Å². The fraction of sp³-hybridized carbons (Fsp3) is 0.111. The van der Waals surface area contributed by atoms with Crippen molar-refractivity contribution in [2.45, 2.75) is 16.4 Å². The Labute approximate surface area is 205 Å². The average Bonchev–Trinajstić information content (AvgIpc) is 3.52. The first-order valence-corrected chi connectivity index (χ1v) is 12.1. The van der Waals surface area contributed by atoms with E-state index in [1.807, 2.05) is 84.9 Å². The summed E-state index contributed by atoms with van der Waals surface area (Å²) >= 11 is 1.62. The molecule has 1 unspecified atom stereocenters. The lowest BCUT2D eigenvalue weighted by Crippen LogP contribution is -2.58. The molecule has 6 rings (SSSR count). The highest BCUT2D eigenvalue weighted by atomic mass is 32.2. The van der Waals surface area contributed by atoms with E-state index < -0.39 is 16.4 Å². The number of para-hydroxylation sites is 1. The first-order chi connectivity index (χ1) is 17.1. The normalized spacial score (nSPS) is 21.1. The minimum atomic E-state index is -1.08. The van der Waals surface area contributed by atoms with Crippen LogP contribution in [0.5, 0.6) is 0 Å². The molecule has 1 spiro atoms. The van der Waals surface area contributed by atoms with Gasteiger partial charge in [-0.05, 0) is 29.8 Å². The van der Waals surface area contributed by atoms with E-state index in [-0.39, 0.29) is 17.4 Å². The van der Waals surface area contributed by atoms with Gasteiger partial charge in [0.15, 0.2) is 11.5 Å². The van der Waals surface area contributed by atoms with Crippen LogP contribution in [0, 0.1) is 10.1 Å². The van der Waals surface area contributed by atoms with Gasteiger partial charge in [-0.1, -0.05) is 66.7 Å². The molecule has 3 heterocycles. The average molecular weight is 482 g/mol. The summed E-state index contributed by atoms with van der Waals surface area (Å²) in [5, 5.41) is 18.1. The van der Waals surface area contributed by atoms with Crippen molar-refractivity contribution < 1.29 is 14.1 Å². The predicted molar refractivity (Wildman–Crippen MR) is 134 cm³/mol. The van der Waals surface area contributed by atoms with Gasteiger partial charge in [-0.25, -0.2) is 5.01 Å². The summed E-state index contributed by atoms with van der Waals surface area (Å²) in [6.45, 7) is 0. The summed E-state index contributed by atoms with van der Waals surface area (Å²) in [6.07, 6.45) is 0. The maximum atomic E-state index is 14.4. The van der Waals surface area contributed by atoms with Crippen LogP contribution in [0.2, 0.25) is 0 Å². The topological polar surface area (TPSA) is 88.9 Å². The highest BCUT2D eigenvalue weighted by Gasteiger charge is 2.60. The van der Waals surface area contributed by atoms with E-state index >= 15 is 0 Å². The number of nitrogens with zero attached hydrogens (tertiary/aromatic N) is 3. The van der Waals surface area contributed by atoms with E-state index in [0.29, 0.717) is 17.0 Å². The molecule has 0 saturated carbocycles. The first-order valence-electron chi connectivity index (χ1n) is 11.1. The van der Waals surface area contributed by atoms with Crippen LogP contribution in [0.15, 0.2) is 111 Å². The molecule has 3 aromatic carbocycles. The molecular formula is C27H19N3O4S. The fourth-order valence-electron chi connectivity index (χ4n) is 4.93. The smallest absolute Gasteiger partial charge is 0.399 e. The number of fused-ring (bicyclic) bond motifs is 1. The van der Waals surface area contributed by atoms with Gasteiger partial charge >= 0.3 is 5.88 Å². The van der Waals surface area contributed by atoms with Gasteiger partial charge in [0.1, 0.15) is 16.2 Å². The van der Waals surface area contributed by atoms with E-state index in [0.717, 1.165) is 16.1 Å². The Hall–Kier alpha value is -4.17. The minimum Gasteiger partial charge on any atom is -0.399 e. The molecule has 0 aliphatic carbocycles.